The van der Waals surface area contributed by atoms with Crippen molar-refractivity contribution in [2.45, 2.75) is 12.2 Å². The SMILES string of the molecule is N[C@H](c1c(F)ccc(Cl)c1O)C(F)(F)F. The molecule has 0 bridgehead atoms. The third-order valence-corrected chi connectivity index (χ3v) is 2.08. The summed E-state index contributed by atoms with van der Waals surface area (Å²) in [5, 5.41) is 8.78. The molecule has 84 valence electrons. The monoisotopic (exact) mass is 243 g/mol. The maximum absolute atomic E-state index is 13.0. The number of rotatable bonds is 1. The minimum atomic E-state index is -4.84. The Kier molecular flexibility index (Phi) is 3.11. The largest absolute Gasteiger partial charge is 0.506 e. The van der Waals surface area contributed by atoms with Crippen LogP contribution in [0.5, 0.6) is 5.75 Å². The van der Waals surface area contributed by atoms with E-state index in [9.17, 15) is 17.6 Å². The van der Waals surface area contributed by atoms with Gasteiger partial charge in [0.25, 0.3) is 0 Å². The van der Waals surface area contributed by atoms with Gasteiger partial charge in [0.05, 0.1) is 10.6 Å². The molecule has 1 aromatic rings. The van der Waals surface area contributed by atoms with Crippen molar-refractivity contribution in [1.29, 1.82) is 0 Å². The quantitative estimate of drug-likeness (QED) is 0.745. The maximum atomic E-state index is 13.0. The number of phenols is 1. The van der Waals surface area contributed by atoms with E-state index in [1.54, 1.807) is 0 Å². The van der Waals surface area contributed by atoms with Crippen molar-refractivity contribution in [3.8, 4) is 5.75 Å². The second kappa shape index (κ2) is 3.86. The van der Waals surface area contributed by atoms with Gasteiger partial charge in [0.1, 0.15) is 17.6 Å². The number of nitrogens with two attached hydrogens (primary N) is 1. The molecule has 0 aliphatic rings. The molecule has 0 unspecified atom stereocenters. The lowest BCUT2D eigenvalue weighted by molar-refractivity contribution is -0.150. The summed E-state index contributed by atoms with van der Waals surface area (Å²) in [6.07, 6.45) is -4.84. The highest BCUT2D eigenvalue weighted by Crippen LogP contribution is 2.39. The molecule has 0 radical (unpaired) electrons. The van der Waals surface area contributed by atoms with Gasteiger partial charge >= 0.3 is 6.18 Å². The van der Waals surface area contributed by atoms with Gasteiger partial charge in [0, 0.05) is 0 Å². The normalized spacial score (nSPS) is 14.0. The molecule has 0 fully saturated rings. The van der Waals surface area contributed by atoms with E-state index in [0.717, 1.165) is 6.07 Å². The van der Waals surface area contributed by atoms with Crippen molar-refractivity contribution in [2.75, 3.05) is 0 Å². The lowest BCUT2D eigenvalue weighted by atomic mass is 10.1. The fraction of sp³-hybridized carbons (Fsp3) is 0.250. The first-order valence-electron chi connectivity index (χ1n) is 3.74. The van der Waals surface area contributed by atoms with Crippen molar-refractivity contribution in [3.05, 3.63) is 28.5 Å². The maximum Gasteiger partial charge on any atom is 0.407 e. The molecule has 1 atom stereocenters. The number of benzene rings is 1. The summed E-state index contributed by atoms with van der Waals surface area (Å²) in [7, 11) is 0. The van der Waals surface area contributed by atoms with E-state index in [2.05, 4.69) is 0 Å². The summed E-state index contributed by atoms with van der Waals surface area (Å²) < 4.78 is 49.6. The number of alkyl halides is 3. The molecule has 2 nitrogen and oxygen atoms in total. The van der Waals surface area contributed by atoms with Crippen LogP contribution in [0.25, 0.3) is 0 Å². The molecule has 1 aromatic carbocycles. The Balaban J connectivity index is 3.31. The van der Waals surface area contributed by atoms with E-state index in [1.165, 1.54) is 0 Å². The first kappa shape index (κ1) is 12.1. The number of phenolic OH excluding ortho intramolecular Hbond substituents is 1. The second-order valence-electron chi connectivity index (χ2n) is 2.81. The summed E-state index contributed by atoms with van der Waals surface area (Å²) in [5.74, 6) is -2.23. The average molecular weight is 244 g/mol. The van der Waals surface area contributed by atoms with E-state index in [1.807, 2.05) is 0 Å². The van der Waals surface area contributed by atoms with Crippen LogP contribution in [0, 0.1) is 5.82 Å². The molecule has 15 heavy (non-hydrogen) atoms. The minimum Gasteiger partial charge on any atom is -0.506 e. The van der Waals surface area contributed by atoms with Crippen molar-refractivity contribution < 1.29 is 22.7 Å². The molecule has 0 saturated heterocycles. The van der Waals surface area contributed by atoms with E-state index in [0.29, 0.717) is 6.07 Å². The average Bonchev–Trinajstić information content (AvgIpc) is 2.10. The molecule has 0 aromatic heterocycles. The van der Waals surface area contributed by atoms with Crippen molar-refractivity contribution >= 4 is 11.6 Å². The molecule has 7 heteroatoms. The van der Waals surface area contributed by atoms with Gasteiger partial charge in [-0.2, -0.15) is 13.2 Å². The lowest BCUT2D eigenvalue weighted by Gasteiger charge is -2.18. The first-order valence-corrected chi connectivity index (χ1v) is 4.12. The van der Waals surface area contributed by atoms with Crippen LogP contribution in [0.15, 0.2) is 12.1 Å². The van der Waals surface area contributed by atoms with Crippen LogP contribution in [0.2, 0.25) is 5.02 Å². The van der Waals surface area contributed by atoms with Crippen molar-refractivity contribution in [3.63, 3.8) is 0 Å². The predicted molar refractivity (Wildman–Crippen MR) is 46.1 cm³/mol. The van der Waals surface area contributed by atoms with Gasteiger partial charge in [0.15, 0.2) is 0 Å². The Morgan fingerprint density at radius 1 is 1.33 bits per heavy atom. The molecular weight excluding hydrogens is 238 g/mol. The molecule has 0 spiro atoms. The smallest absolute Gasteiger partial charge is 0.407 e. The van der Waals surface area contributed by atoms with Crippen LogP contribution in [0.3, 0.4) is 0 Å². The Hall–Kier alpha value is -1.01. The van der Waals surface area contributed by atoms with Gasteiger partial charge in [-0.3, -0.25) is 0 Å². The Morgan fingerprint density at radius 2 is 1.87 bits per heavy atom. The summed E-state index contributed by atoms with van der Waals surface area (Å²) in [6, 6.07) is -0.946. The molecule has 1 rings (SSSR count). The zero-order valence-electron chi connectivity index (χ0n) is 7.15. The van der Waals surface area contributed by atoms with Crippen LogP contribution in [-0.4, -0.2) is 11.3 Å². The minimum absolute atomic E-state index is 0.383. The van der Waals surface area contributed by atoms with E-state index < -0.39 is 29.3 Å². The van der Waals surface area contributed by atoms with Gasteiger partial charge < -0.3 is 10.8 Å². The zero-order valence-corrected chi connectivity index (χ0v) is 7.90. The van der Waals surface area contributed by atoms with Crippen LogP contribution in [0.1, 0.15) is 11.6 Å². The predicted octanol–water partition coefficient (Wildman–Crippen LogP) is 2.75. The highest BCUT2D eigenvalue weighted by atomic mass is 35.5. The van der Waals surface area contributed by atoms with Gasteiger partial charge in [-0.05, 0) is 12.1 Å². The van der Waals surface area contributed by atoms with E-state index >= 15 is 0 Å². The Bertz CT molecular complexity index is 380. The number of halogens is 5. The third-order valence-electron chi connectivity index (χ3n) is 1.78. The standard InChI is InChI=1S/C8H6ClF4NO/c9-3-1-2-4(10)5(6(3)15)7(14)8(11,12)13/h1-2,7,15H,14H2/t7-/m1/s1. The fourth-order valence-electron chi connectivity index (χ4n) is 1.02. The molecule has 0 aliphatic carbocycles. The van der Waals surface area contributed by atoms with E-state index in [-0.39, 0.29) is 5.02 Å². The molecular formula is C8H6ClF4NO. The molecule has 0 aliphatic heterocycles. The van der Waals surface area contributed by atoms with Gasteiger partial charge in [-0.15, -0.1) is 0 Å². The van der Waals surface area contributed by atoms with Gasteiger partial charge in [-0.25, -0.2) is 4.39 Å². The van der Waals surface area contributed by atoms with Crippen molar-refractivity contribution in [1.82, 2.24) is 0 Å². The Labute approximate surface area is 87.3 Å². The topological polar surface area (TPSA) is 46.2 Å². The first-order chi connectivity index (χ1) is 6.75. The van der Waals surface area contributed by atoms with Crippen LogP contribution < -0.4 is 5.73 Å². The van der Waals surface area contributed by atoms with Crippen LogP contribution >= 0.6 is 11.6 Å². The van der Waals surface area contributed by atoms with E-state index in [4.69, 9.17) is 22.4 Å². The zero-order chi connectivity index (χ0) is 11.8. The summed E-state index contributed by atoms with van der Waals surface area (Å²) >= 11 is 5.34. The third kappa shape index (κ3) is 2.32. The van der Waals surface area contributed by atoms with Crippen LogP contribution in [-0.2, 0) is 0 Å². The number of aromatic hydroxyl groups is 1. The highest BCUT2D eigenvalue weighted by molar-refractivity contribution is 6.32. The number of hydrogen-bond donors (Lipinski definition) is 2. The summed E-state index contributed by atoms with van der Waals surface area (Å²) in [5.41, 5.74) is 3.71. The fourth-order valence-corrected chi connectivity index (χ4v) is 1.18. The van der Waals surface area contributed by atoms with Gasteiger partial charge in [-0.1, -0.05) is 11.6 Å². The van der Waals surface area contributed by atoms with Crippen LogP contribution in [0.4, 0.5) is 17.6 Å². The van der Waals surface area contributed by atoms with Gasteiger partial charge in [0.2, 0.25) is 0 Å². The molecule has 3 N–H and O–H groups in total. The summed E-state index contributed by atoms with van der Waals surface area (Å²) in [6.45, 7) is 0. The highest BCUT2D eigenvalue weighted by Gasteiger charge is 2.41. The number of hydrogen-bond acceptors (Lipinski definition) is 2. The molecule has 0 amide bonds. The molecule has 0 heterocycles. The summed E-state index contributed by atoms with van der Waals surface area (Å²) in [4.78, 5) is 0. The lowest BCUT2D eigenvalue weighted by Crippen LogP contribution is -2.29. The second-order valence-corrected chi connectivity index (χ2v) is 3.22. The Morgan fingerprint density at radius 3 is 2.33 bits per heavy atom. The van der Waals surface area contributed by atoms with Crippen molar-refractivity contribution in [2.24, 2.45) is 5.73 Å². The molecule has 0 saturated carbocycles.